The van der Waals surface area contributed by atoms with E-state index in [1.54, 1.807) is 47.6 Å². The van der Waals surface area contributed by atoms with Crippen molar-refractivity contribution in [2.45, 2.75) is 84.5 Å². The first-order chi connectivity index (χ1) is 17.7. The van der Waals surface area contributed by atoms with E-state index in [-0.39, 0.29) is 6.61 Å². The quantitative estimate of drug-likeness (QED) is 0.202. The van der Waals surface area contributed by atoms with Gasteiger partial charge >= 0.3 is 18.2 Å². The van der Waals surface area contributed by atoms with Crippen LogP contribution in [0.15, 0.2) is 54.6 Å². The Morgan fingerprint density at radius 2 is 1.37 bits per heavy atom. The molecule has 0 aliphatic carbocycles. The summed E-state index contributed by atoms with van der Waals surface area (Å²) in [7, 11) is 0. The van der Waals surface area contributed by atoms with Gasteiger partial charge in [-0.25, -0.2) is 9.59 Å². The number of alkyl carbamates (subject to hydrolysis) is 2. The molecule has 1 unspecified atom stereocenters. The summed E-state index contributed by atoms with van der Waals surface area (Å²) in [6.45, 7) is 10.6. The average Bonchev–Trinajstić information content (AvgIpc) is 2.79. The number of anilines is 1. The fraction of sp³-hybridized carbons (Fsp3) is 0.464. The number of amides is 2. The molecule has 10 heteroatoms. The average molecular weight is 529 g/mol. The van der Waals surface area contributed by atoms with Crippen LogP contribution in [-0.4, -0.2) is 41.7 Å². The van der Waals surface area contributed by atoms with Gasteiger partial charge in [-0.3, -0.25) is 15.4 Å². The lowest BCUT2D eigenvalue weighted by atomic mass is 10.1. The minimum Gasteiger partial charge on any atom is -0.460 e. The van der Waals surface area contributed by atoms with Crippen LogP contribution in [0.25, 0.3) is 0 Å². The number of rotatable bonds is 10. The zero-order chi connectivity index (χ0) is 28.3. The molecule has 2 aromatic rings. The first-order valence-electron chi connectivity index (χ1n) is 12.5. The lowest BCUT2D eigenvalue weighted by molar-refractivity contribution is -0.146. The van der Waals surface area contributed by atoms with Gasteiger partial charge in [-0.2, -0.15) is 0 Å². The fourth-order valence-electron chi connectivity index (χ4n) is 3.22. The summed E-state index contributed by atoms with van der Waals surface area (Å²) in [5.41, 5.74) is 7.00. The molecule has 0 spiro atoms. The molecular weight excluding hydrogens is 488 g/mol. The Balaban J connectivity index is 1.98. The molecule has 208 valence electrons. The number of carbonyl (C=O) groups excluding carboxylic acids is 3. The van der Waals surface area contributed by atoms with Gasteiger partial charge in [0.1, 0.15) is 23.9 Å². The normalized spacial score (nSPS) is 12.3. The van der Waals surface area contributed by atoms with Gasteiger partial charge in [-0.05, 0) is 77.6 Å². The highest BCUT2D eigenvalue weighted by Gasteiger charge is 2.23. The van der Waals surface area contributed by atoms with Crippen LogP contribution < -0.4 is 21.7 Å². The van der Waals surface area contributed by atoms with Crippen LogP contribution >= 0.6 is 0 Å². The maximum Gasteiger partial charge on any atom is 0.410 e. The molecule has 2 amide bonds. The zero-order valence-corrected chi connectivity index (χ0v) is 23.0. The van der Waals surface area contributed by atoms with E-state index in [9.17, 15) is 14.4 Å². The third kappa shape index (κ3) is 12.4. The molecule has 2 rings (SSSR count). The van der Waals surface area contributed by atoms with Crippen molar-refractivity contribution < 1.29 is 28.6 Å². The minimum atomic E-state index is -1.02. The van der Waals surface area contributed by atoms with Crippen LogP contribution in [-0.2, 0) is 32.0 Å². The van der Waals surface area contributed by atoms with E-state index in [1.807, 2.05) is 48.5 Å². The van der Waals surface area contributed by atoms with Gasteiger partial charge in [0.05, 0.1) is 0 Å². The fourth-order valence-corrected chi connectivity index (χ4v) is 3.22. The SMILES string of the molecule is CC(C)(C)OC(=O)NC(NC(=O)OC(C)(C)C)Nc1cccc(CCC(N)C(=O)OCc2ccccc2)c1. The van der Waals surface area contributed by atoms with E-state index >= 15 is 0 Å². The van der Waals surface area contributed by atoms with Crippen LogP contribution in [0.2, 0.25) is 0 Å². The van der Waals surface area contributed by atoms with Gasteiger partial charge in [-0.1, -0.05) is 42.5 Å². The maximum atomic E-state index is 12.4. The second-order valence-electron chi connectivity index (χ2n) is 10.8. The van der Waals surface area contributed by atoms with Crippen LogP contribution in [0.3, 0.4) is 0 Å². The van der Waals surface area contributed by atoms with Gasteiger partial charge in [0.2, 0.25) is 0 Å². The molecule has 0 aliphatic heterocycles. The molecular formula is C28H40N4O6. The Kier molecular flexibility index (Phi) is 10.9. The Morgan fingerprint density at radius 3 is 1.92 bits per heavy atom. The van der Waals surface area contributed by atoms with E-state index in [0.29, 0.717) is 18.5 Å². The van der Waals surface area contributed by atoms with Crippen molar-refractivity contribution in [3.8, 4) is 0 Å². The van der Waals surface area contributed by atoms with E-state index in [4.69, 9.17) is 19.9 Å². The van der Waals surface area contributed by atoms with Gasteiger partial charge in [-0.15, -0.1) is 0 Å². The molecule has 10 nitrogen and oxygen atoms in total. The van der Waals surface area contributed by atoms with E-state index < -0.39 is 41.7 Å². The van der Waals surface area contributed by atoms with Gasteiger partial charge in [0, 0.05) is 5.69 Å². The smallest absolute Gasteiger partial charge is 0.410 e. The van der Waals surface area contributed by atoms with Crippen molar-refractivity contribution in [1.82, 2.24) is 10.6 Å². The van der Waals surface area contributed by atoms with Gasteiger partial charge < -0.3 is 25.3 Å². The number of carbonyl (C=O) groups is 3. The largest absolute Gasteiger partial charge is 0.460 e. The van der Waals surface area contributed by atoms with Crippen LogP contribution in [0.4, 0.5) is 15.3 Å². The summed E-state index contributed by atoms with van der Waals surface area (Å²) >= 11 is 0. The van der Waals surface area contributed by atoms with Crippen LogP contribution in [0, 0.1) is 0 Å². The zero-order valence-electron chi connectivity index (χ0n) is 23.0. The first-order valence-corrected chi connectivity index (χ1v) is 12.5. The number of aryl methyl sites for hydroxylation is 1. The predicted molar refractivity (Wildman–Crippen MR) is 145 cm³/mol. The van der Waals surface area contributed by atoms with E-state index in [1.165, 1.54) is 0 Å². The molecule has 0 aromatic heterocycles. The molecule has 0 bridgehead atoms. The number of hydrogen-bond acceptors (Lipinski definition) is 8. The highest BCUT2D eigenvalue weighted by Crippen LogP contribution is 2.15. The maximum absolute atomic E-state index is 12.4. The Morgan fingerprint density at radius 1 is 0.816 bits per heavy atom. The highest BCUT2D eigenvalue weighted by molar-refractivity contribution is 5.75. The van der Waals surface area contributed by atoms with Crippen molar-refractivity contribution in [2.24, 2.45) is 5.73 Å². The molecule has 38 heavy (non-hydrogen) atoms. The van der Waals surface area contributed by atoms with Crippen molar-refractivity contribution in [3.63, 3.8) is 0 Å². The summed E-state index contributed by atoms with van der Waals surface area (Å²) in [6.07, 6.45) is -1.57. The number of nitrogens with two attached hydrogens (primary N) is 1. The summed E-state index contributed by atoms with van der Waals surface area (Å²) in [5.74, 6) is -0.466. The third-order valence-electron chi connectivity index (χ3n) is 4.83. The monoisotopic (exact) mass is 528 g/mol. The van der Waals surface area contributed by atoms with E-state index in [2.05, 4.69) is 16.0 Å². The molecule has 0 heterocycles. The summed E-state index contributed by atoms with van der Waals surface area (Å²) < 4.78 is 15.9. The van der Waals surface area contributed by atoms with E-state index in [0.717, 1.165) is 11.1 Å². The molecule has 0 radical (unpaired) electrons. The third-order valence-corrected chi connectivity index (χ3v) is 4.83. The Hall–Kier alpha value is -3.79. The van der Waals surface area contributed by atoms with Crippen molar-refractivity contribution >= 4 is 23.8 Å². The summed E-state index contributed by atoms with van der Waals surface area (Å²) in [4.78, 5) is 37.0. The Labute approximate surface area is 224 Å². The minimum absolute atomic E-state index is 0.170. The van der Waals surface area contributed by atoms with Crippen molar-refractivity contribution in [2.75, 3.05) is 5.32 Å². The number of ether oxygens (including phenoxy) is 3. The van der Waals surface area contributed by atoms with Crippen LogP contribution in [0.5, 0.6) is 0 Å². The molecule has 1 atom stereocenters. The van der Waals surface area contributed by atoms with Crippen LogP contribution in [0.1, 0.15) is 59.1 Å². The molecule has 0 saturated heterocycles. The van der Waals surface area contributed by atoms with Gasteiger partial charge in [0.25, 0.3) is 0 Å². The highest BCUT2D eigenvalue weighted by atomic mass is 16.6. The lowest BCUT2D eigenvalue weighted by Gasteiger charge is -2.27. The molecule has 0 saturated carbocycles. The topological polar surface area (TPSA) is 141 Å². The number of esters is 1. The van der Waals surface area contributed by atoms with Crippen molar-refractivity contribution in [3.05, 3.63) is 65.7 Å². The predicted octanol–water partition coefficient (Wildman–Crippen LogP) is 4.43. The standard InChI is InChI=1S/C28H40N4O6/c1-27(2,3)37-25(34)31-24(32-26(35)38-28(4,5)6)30-21-14-10-13-19(17-21)15-16-22(29)23(33)36-18-20-11-8-7-9-12-20/h7-14,17,22,24,30H,15-16,18,29H2,1-6H3,(H,31,34)(H,32,35). The molecule has 0 fully saturated rings. The van der Waals surface area contributed by atoms with Gasteiger partial charge in [0.15, 0.2) is 6.29 Å². The summed E-state index contributed by atoms with van der Waals surface area (Å²) in [6, 6.07) is 15.9. The second kappa shape index (κ2) is 13.7. The molecule has 5 N–H and O–H groups in total. The molecule has 2 aromatic carbocycles. The number of benzene rings is 2. The summed E-state index contributed by atoms with van der Waals surface area (Å²) in [5, 5.41) is 8.23. The number of nitrogens with one attached hydrogen (secondary N) is 3. The van der Waals surface area contributed by atoms with Crippen molar-refractivity contribution in [1.29, 1.82) is 0 Å². The molecule has 0 aliphatic rings. The lowest BCUT2D eigenvalue weighted by Crippen LogP contribution is -2.54. The second-order valence-corrected chi connectivity index (χ2v) is 10.8. The Bertz CT molecular complexity index is 1030. The number of hydrogen-bond donors (Lipinski definition) is 4. The first kappa shape index (κ1) is 30.4.